The Morgan fingerprint density at radius 3 is 2.58 bits per heavy atom. The quantitative estimate of drug-likeness (QED) is 0.844. The Kier molecular flexibility index (Phi) is 5.38. The van der Waals surface area contributed by atoms with Crippen molar-refractivity contribution in [3.8, 4) is 0 Å². The summed E-state index contributed by atoms with van der Waals surface area (Å²) in [4.78, 5) is 3.42. The van der Waals surface area contributed by atoms with Crippen LogP contribution in [0.5, 0.6) is 0 Å². The van der Waals surface area contributed by atoms with E-state index in [0.717, 1.165) is 24.9 Å². The van der Waals surface area contributed by atoms with Crippen LogP contribution >= 0.6 is 0 Å². The van der Waals surface area contributed by atoms with E-state index in [0.29, 0.717) is 30.4 Å². The monoisotopic (exact) mass is 347 g/mol. The molecule has 0 radical (unpaired) electrons. The zero-order valence-corrected chi connectivity index (χ0v) is 14.8. The third-order valence-corrected chi connectivity index (χ3v) is 6.38. The van der Waals surface area contributed by atoms with Crippen LogP contribution in [0.15, 0.2) is 47.6 Å². The number of benzene rings is 1. The molecule has 1 aliphatic rings. The lowest BCUT2D eigenvalue weighted by Crippen LogP contribution is -2.39. The van der Waals surface area contributed by atoms with E-state index in [-0.39, 0.29) is 0 Å². The van der Waals surface area contributed by atoms with Crippen LogP contribution in [-0.2, 0) is 23.1 Å². The van der Waals surface area contributed by atoms with Crippen LogP contribution in [-0.4, -0.2) is 30.8 Å². The molecule has 0 saturated carbocycles. The van der Waals surface area contributed by atoms with Crippen LogP contribution < -0.4 is 5.32 Å². The van der Waals surface area contributed by atoms with Crippen molar-refractivity contribution in [3.05, 3.63) is 53.9 Å². The summed E-state index contributed by atoms with van der Waals surface area (Å²) in [5, 5.41) is 3.35. The van der Waals surface area contributed by atoms with Gasteiger partial charge in [0.15, 0.2) is 0 Å². The largest absolute Gasteiger partial charge is 0.367 e. The highest BCUT2D eigenvalue weighted by Crippen LogP contribution is 2.23. The molecule has 0 aliphatic carbocycles. The van der Waals surface area contributed by atoms with Crippen molar-refractivity contribution >= 4 is 10.0 Å². The van der Waals surface area contributed by atoms with E-state index in [2.05, 4.69) is 17.2 Å². The van der Waals surface area contributed by atoms with Crippen LogP contribution in [0.25, 0.3) is 0 Å². The van der Waals surface area contributed by atoms with Gasteiger partial charge in [-0.3, -0.25) is 0 Å². The minimum atomic E-state index is -3.36. The molecule has 2 N–H and O–H groups in total. The van der Waals surface area contributed by atoms with E-state index in [4.69, 9.17) is 0 Å². The van der Waals surface area contributed by atoms with Crippen molar-refractivity contribution < 1.29 is 8.42 Å². The fourth-order valence-corrected chi connectivity index (χ4v) is 4.71. The molecule has 5 nitrogen and oxygen atoms in total. The summed E-state index contributed by atoms with van der Waals surface area (Å²) in [7, 11) is -3.36. The molecule has 2 aromatic rings. The molecule has 1 aromatic heterocycles. The lowest BCUT2D eigenvalue weighted by Gasteiger charge is -2.30. The van der Waals surface area contributed by atoms with E-state index in [1.165, 1.54) is 5.56 Å². The number of H-pyrrole nitrogens is 1. The summed E-state index contributed by atoms with van der Waals surface area (Å²) >= 11 is 0. The third kappa shape index (κ3) is 4.06. The smallest absolute Gasteiger partial charge is 0.243 e. The average Bonchev–Trinajstić information content (AvgIpc) is 3.09. The summed E-state index contributed by atoms with van der Waals surface area (Å²) in [6.07, 6.45) is 5.92. The number of nitrogens with one attached hydrogen (secondary N) is 2. The predicted octanol–water partition coefficient (Wildman–Crippen LogP) is 2.73. The van der Waals surface area contributed by atoms with Gasteiger partial charge in [-0.2, -0.15) is 4.31 Å². The molecule has 0 amide bonds. The zero-order valence-electron chi connectivity index (χ0n) is 14.0. The maximum atomic E-state index is 12.7. The number of rotatable bonds is 6. The second-order valence-corrected chi connectivity index (χ2v) is 8.52. The van der Waals surface area contributed by atoms with Crippen LogP contribution in [0.4, 0.5) is 0 Å². The Labute approximate surface area is 144 Å². The third-order valence-electron chi connectivity index (χ3n) is 4.50. The Balaban J connectivity index is 1.60. The van der Waals surface area contributed by atoms with Crippen molar-refractivity contribution in [1.29, 1.82) is 0 Å². The maximum Gasteiger partial charge on any atom is 0.243 e. The highest BCUT2D eigenvalue weighted by atomic mass is 32.2. The Morgan fingerprint density at radius 1 is 1.17 bits per heavy atom. The van der Waals surface area contributed by atoms with Crippen molar-refractivity contribution in [1.82, 2.24) is 14.6 Å². The normalized spacial score (nSPS) is 19.5. The van der Waals surface area contributed by atoms with Gasteiger partial charge < -0.3 is 10.3 Å². The van der Waals surface area contributed by atoms with E-state index in [1.54, 1.807) is 16.4 Å². The molecule has 1 aliphatic heterocycles. The molecule has 1 aromatic carbocycles. The molecule has 1 atom stereocenters. The molecular weight excluding hydrogens is 322 g/mol. The summed E-state index contributed by atoms with van der Waals surface area (Å²) in [6, 6.07) is 9.26. The molecule has 1 saturated heterocycles. The molecule has 0 unspecified atom stereocenters. The van der Waals surface area contributed by atoms with Crippen molar-refractivity contribution in [3.63, 3.8) is 0 Å². The van der Waals surface area contributed by atoms with Crippen LogP contribution in [0, 0.1) is 5.92 Å². The molecular formula is C18H25N3O2S. The van der Waals surface area contributed by atoms with E-state index >= 15 is 0 Å². The van der Waals surface area contributed by atoms with Gasteiger partial charge in [-0.05, 0) is 48.1 Å². The van der Waals surface area contributed by atoms with Gasteiger partial charge in [0, 0.05) is 38.6 Å². The molecule has 24 heavy (non-hydrogen) atoms. The van der Waals surface area contributed by atoms with Crippen molar-refractivity contribution in [2.45, 2.75) is 37.8 Å². The number of hydrogen-bond donors (Lipinski definition) is 2. The van der Waals surface area contributed by atoms with Gasteiger partial charge in [0.1, 0.15) is 0 Å². The lowest BCUT2D eigenvalue weighted by molar-refractivity contribution is 0.281. The topological polar surface area (TPSA) is 65.2 Å². The van der Waals surface area contributed by atoms with Crippen molar-refractivity contribution in [2.24, 2.45) is 5.92 Å². The Hall–Kier alpha value is -1.63. The first-order valence-electron chi connectivity index (χ1n) is 8.47. The second kappa shape index (κ2) is 7.51. The second-order valence-electron chi connectivity index (χ2n) is 6.58. The van der Waals surface area contributed by atoms with Gasteiger partial charge >= 0.3 is 0 Å². The maximum absolute atomic E-state index is 12.7. The molecule has 1 fully saturated rings. The van der Waals surface area contributed by atoms with E-state index < -0.39 is 10.0 Å². The molecule has 3 rings (SSSR count). The number of aromatic nitrogens is 1. The SMILES string of the molecule is C[C@@H]1CCCN(S(=O)(=O)c2ccc(CNCc3cc[nH]c3)cc2)C1. The predicted molar refractivity (Wildman–Crippen MR) is 94.9 cm³/mol. The Morgan fingerprint density at radius 2 is 1.92 bits per heavy atom. The first-order chi connectivity index (χ1) is 11.6. The van der Waals surface area contributed by atoms with Gasteiger partial charge in [-0.1, -0.05) is 19.1 Å². The number of nitrogens with zero attached hydrogens (tertiary/aromatic N) is 1. The van der Waals surface area contributed by atoms with E-state index in [9.17, 15) is 8.42 Å². The van der Waals surface area contributed by atoms with Crippen LogP contribution in [0.2, 0.25) is 0 Å². The highest BCUT2D eigenvalue weighted by Gasteiger charge is 2.28. The fraction of sp³-hybridized carbons (Fsp3) is 0.444. The van der Waals surface area contributed by atoms with Gasteiger partial charge in [0.25, 0.3) is 0 Å². The fourth-order valence-electron chi connectivity index (χ4n) is 3.11. The number of piperidine rings is 1. The lowest BCUT2D eigenvalue weighted by atomic mass is 10.0. The van der Waals surface area contributed by atoms with Crippen molar-refractivity contribution in [2.75, 3.05) is 13.1 Å². The zero-order chi connectivity index (χ0) is 17.0. The van der Waals surface area contributed by atoms with Gasteiger partial charge in [-0.15, -0.1) is 0 Å². The summed E-state index contributed by atoms with van der Waals surface area (Å²) < 4.78 is 27.1. The molecule has 0 spiro atoms. The number of hydrogen-bond acceptors (Lipinski definition) is 3. The number of sulfonamides is 1. The highest BCUT2D eigenvalue weighted by molar-refractivity contribution is 7.89. The minimum absolute atomic E-state index is 0.394. The van der Waals surface area contributed by atoms with Gasteiger partial charge in [0.2, 0.25) is 10.0 Å². The van der Waals surface area contributed by atoms with Crippen LogP contribution in [0.1, 0.15) is 30.9 Å². The van der Waals surface area contributed by atoms with Gasteiger partial charge in [0.05, 0.1) is 4.90 Å². The average molecular weight is 347 g/mol. The first-order valence-corrected chi connectivity index (χ1v) is 9.91. The van der Waals surface area contributed by atoms with E-state index in [1.807, 2.05) is 30.6 Å². The molecule has 6 heteroatoms. The summed E-state index contributed by atoms with van der Waals surface area (Å²) in [6.45, 7) is 4.87. The Bertz CT molecular complexity index is 739. The summed E-state index contributed by atoms with van der Waals surface area (Å²) in [5.41, 5.74) is 2.28. The minimum Gasteiger partial charge on any atom is -0.367 e. The van der Waals surface area contributed by atoms with Crippen LogP contribution in [0.3, 0.4) is 0 Å². The molecule has 2 heterocycles. The first kappa shape index (κ1) is 17.2. The molecule has 130 valence electrons. The van der Waals surface area contributed by atoms with Gasteiger partial charge in [-0.25, -0.2) is 8.42 Å². The number of aromatic amines is 1. The summed E-state index contributed by atoms with van der Waals surface area (Å²) in [5.74, 6) is 0.436. The molecule has 0 bridgehead atoms. The standard InChI is InChI=1S/C18H25N3O2S/c1-15-3-2-10-21(14-15)24(22,23)18-6-4-16(5-7-18)11-20-13-17-8-9-19-12-17/h4-9,12,15,19-20H,2-3,10-11,13-14H2,1H3/t15-/m1/s1.